The molecule has 11 nitrogen and oxygen atoms in total. The number of H-pyrrole nitrogens is 1. The predicted molar refractivity (Wildman–Crippen MR) is 219 cm³/mol. The number of cyclic esters (lactones) is 2. The smallest absolute Gasteiger partial charge is 0.358 e. The molecular formula is C45H60N4O7. The molecule has 1 fully saturated rings. The van der Waals surface area contributed by atoms with Crippen LogP contribution >= 0.6 is 0 Å². The monoisotopic (exact) mass is 768 g/mol. The first-order chi connectivity index (χ1) is 26.7. The lowest BCUT2D eigenvalue weighted by atomic mass is 9.79. The first kappa shape index (κ1) is 43.9. The summed E-state index contributed by atoms with van der Waals surface area (Å²) in [6.07, 6.45) is 32.3. The van der Waals surface area contributed by atoms with Gasteiger partial charge in [0.15, 0.2) is 11.4 Å². The lowest BCUT2D eigenvalue weighted by molar-refractivity contribution is -0.0461. The third-order valence-electron chi connectivity index (χ3n) is 10.6. The Bertz CT molecular complexity index is 1850. The first-order valence-corrected chi connectivity index (χ1v) is 19.4. The topological polar surface area (TPSA) is 149 Å². The summed E-state index contributed by atoms with van der Waals surface area (Å²) in [5.74, 6) is 0.741. The molecule has 4 bridgehead atoms. The van der Waals surface area contributed by atoms with Crippen LogP contribution in [0.1, 0.15) is 93.4 Å². The molecule has 0 amide bonds. The van der Waals surface area contributed by atoms with Crippen LogP contribution in [0.15, 0.2) is 104 Å². The van der Waals surface area contributed by atoms with Crippen molar-refractivity contribution < 1.29 is 34.0 Å². The van der Waals surface area contributed by atoms with Gasteiger partial charge in [-0.2, -0.15) is 0 Å². The van der Waals surface area contributed by atoms with Crippen LogP contribution < -0.4 is 0 Å². The molecular weight excluding hydrogens is 709 g/mol. The summed E-state index contributed by atoms with van der Waals surface area (Å²) >= 11 is 0. The maximum Gasteiger partial charge on any atom is 0.358 e. The highest BCUT2D eigenvalue weighted by molar-refractivity contribution is 5.88. The molecule has 302 valence electrons. The number of nitrogens with zero attached hydrogens (tertiary/aromatic N) is 3. The Morgan fingerprint density at radius 3 is 2.05 bits per heavy atom. The van der Waals surface area contributed by atoms with Crippen LogP contribution in [0.2, 0.25) is 0 Å². The van der Waals surface area contributed by atoms with Gasteiger partial charge in [0.05, 0.1) is 18.3 Å². The van der Waals surface area contributed by atoms with E-state index in [9.17, 15) is 19.8 Å². The number of aryl methyl sites for hydroxylation is 1. The fourth-order valence-electron chi connectivity index (χ4n) is 6.36. The number of imidazole rings is 2. The summed E-state index contributed by atoms with van der Waals surface area (Å²) in [4.78, 5) is 38.9. The zero-order valence-electron chi connectivity index (χ0n) is 34.0. The zero-order valence-corrected chi connectivity index (χ0v) is 34.0. The molecule has 1 aliphatic heterocycles. The molecule has 7 atom stereocenters. The molecule has 3 heterocycles. The molecule has 2 aliphatic rings. The van der Waals surface area contributed by atoms with E-state index in [2.05, 4.69) is 27.1 Å². The molecule has 0 unspecified atom stereocenters. The summed E-state index contributed by atoms with van der Waals surface area (Å²) in [7, 11) is 3.45. The molecule has 56 heavy (non-hydrogen) atoms. The van der Waals surface area contributed by atoms with Gasteiger partial charge < -0.3 is 34.0 Å². The minimum atomic E-state index is -0.844. The second-order valence-corrected chi connectivity index (χ2v) is 15.6. The Balaban J connectivity index is 1.60. The van der Waals surface area contributed by atoms with Gasteiger partial charge in [-0.25, -0.2) is 19.6 Å². The van der Waals surface area contributed by atoms with E-state index in [0.717, 1.165) is 6.42 Å². The largest absolute Gasteiger partial charge is 0.457 e. The summed E-state index contributed by atoms with van der Waals surface area (Å²) in [6, 6.07) is 0. The molecule has 0 saturated heterocycles. The van der Waals surface area contributed by atoms with Gasteiger partial charge in [-0.05, 0) is 38.2 Å². The SMILES string of the molecule is C/C=C/[C@H](O)C(C)(C)[C@@H]1C\C=C/C=C\C=C\[C@H](OC)Cc2nc(cn2C)C(=O)O[C@H](C(C)(C)[C@@H](O)/C=C/C)C/C=C\[C@H]2C[C@H]2/C=C/C=C\c2nc(c[nH]2)C(=O)O1. The van der Waals surface area contributed by atoms with Crippen molar-refractivity contribution >= 4 is 18.0 Å². The number of rotatable bonds is 7. The van der Waals surface area contributed by atoms with E-state index in [1.807, 2.05) is 103 Å². The van der Waals surface area contributed by atoms with Crippen molar-refractivity contribution in [2.75, 3.05) is 7.11 Å². The van der Waals surface area contributed by atoms with Gasteiger partial charge in [-0.1, -0.05) is 119 Å². The summed E-state index contributed by atoms with van der Waals surface area (Å²) in [5, 5.41) is 21.9. The number of allylic oxidation sites excluding steroid dienone is 10. The molecule has 1 aliphatic carbocycles. The van der Waals surface area contributed by atoms with E-state index in [0.29, 0.717) is 42.7 Å². The second-order valence-electron chi connectivity index (χ2n) is 15.6. The van der Waals surface area contributed by atoms with Crippen LogP contribution in [-0.4, -0.2) is 79.3 Å². The molecule has 0 radical (unpaired) electrons. The summed E-state index contributed by atoms with van der Waals surface area (Å²) < 4.78 is 19.6. The number of fused-ring (bicyclic) bond motifs is 5. The Hall–Kier alpha value is -4.84. The number of hydrogen-bond acceptors (Lipinski definition) is 9. The average molecular weight is 769 g/mol. The number of esters is 2. The summed E-state index contributed by atoms with van der Waals surface area (Å²) in [5.41, 5.74) is -1.24. The summed E-state index contributed by atoms with van der Waals surface area (Å²) in [6.45, 7) is 11.2. The van der Waals surface area contributed by atoms with Crippen LogP contribution in [-0.2, 0) is 27.7 Å². The van der Waals surface area contributed by atoms with E-state index in [-0.39, 0.29) is 17.5 Å². The number of aliphatic hydroxyl groups is 2. The number of carbonyl (C=O) groups excluding carboxylic acids is 2. The van der Waals surface area contributed by atoms with Crippen LogP contribution in [0.4, 0.5) is 0 Å². The number of aliphatic hydroxyl groups excluding tert-OH is 2. The fourth-order valence-corrected chi connectivity index (χ4v) is 6.36. The quantitative estimate of drug-likeness (QED) is 0.191. The number of methoxy groups -OCH3 is 1. The standard InChI is InChI=1S/C45H60N4O7/c1-9-19-36(50)44(3,4)38-24-15-13-11-12-14-23-33(54-8)28-41-48-35(30-49(41)7)43(53)56-39(45(5,6)37(51)20-10-2)25-18-22-32-27-31(32)21-16-17-26-40-46-29-34(47-40)42(52)55-38/h9-23,26,29-33,36-39,50-51H,24-25,27-28H2,1-8H3,(H,46,47)/b12-11-,15-13-,19-9+,20-10+,21-16+,22-18-,23-14+,26-17-/t31-,32+,33+,36+,37+,38+,39+/m1/s1. The molecule has 0 spiro atoms. The normalized spacial score (nSPS) is 28.0. The number of ether oxygens (including phenoxy) is 3. The number of hydrogen-bond donors (Lipinski definition) is 3. The van der Waals surface area contributed by atoms with E-state index in [4.69, 9.17) is 14.2 Å². The lowest BCUT2D eigenvalue weighted by Gasteiger charge is -2.36. The molecule has 4 rings (SSSR count). The Labute approximate surface area is 332 Å². The molecule has 1 saturated carbocycles. The predicted octanol–water partition coefficient (Wildman–Crippen LogP) is 7.60. The number of aromatic amines is 1. The molecule has 11 heteroatoms. The van der Waals surface area contributed by atoms with Crippen molar-refractivity contribution in [2.45, 2.75) is 97.7 Å². The van der Waals surface area contributed by atoms with E-state index in [1.54, 1.807) is 48.3 Å². The second kappa shape index (κ2) is 20.4. The molecule has 0 aromatic carbocycles. The number of carbonyl (C=O) groups is 2. The average Bonchev–Trinajstić information content (AvgIpc) is 3.53. The highest BCUT2D eigenvalue weighted by Crippen LogP contribution is 2.41. The van der Waals surface area contributed by atoms with Crippen molar-refractivity contribution in [3.05, 3.63) is 127 Å². The van der Waals surface area contributed by atoms with Crippen molar-refractivity contribution in [3.63, 3.8) is 0 Å². The highest BCUT2D eigenvalue weighted by atomic mass is 16.6. The zero-order chi connectivity index (χ0) is 40.9. The van der Waals surface area contributed by atoms with Gasteiger partial charge in [-0.3, -0.25) is 0 Å². The van der Waals surface area contributed by atoms with Gasteiger partial charge in [-0.15, -0.1) is 0 Å². The van der Waals surface area contributed by atoms with E-state index in [1.165, 1.54) is 6.20 Å². The number of aromatic nitrogens is 4. The van der Waals surface area contributed by atoms with Gasteiger partial charge in [0.25, 0.3) is 0 Å². The van der Waals surface area contributed by atoms with E-state index >= 15 is 0 Å². The van der Waals surface area contributed by atoms with Gasteiger partial charge in [0.1, 0.15) is 23.9 Å². The van der Waals surface area contributed by atoms with Crippen LogP contribution in [0.5, 0.6) is 0 Å². The molecule has 2 aromatic rings. The van der Waals surface area contributed by atoms with Crippen LogP contribution in [0.25, 0.3) is 6.08 Å². The minimum Gasteiger partial charge on any atom is -0.457 e. The molecule has 3 N–H and O–H groups in total. The van der Waals surface area contributed by atoms with Crippen molar-refractivity contribution in [2.24, 2.45) is 29.7 Å². The number of nitrogens with one attached hydrogen (secondary N) is 1. The Morgan fingerprint density at radius 2 is 1.41 bits per heavy atom. The van der Waals surface area contributed by atoms with Crippen LogP contribution in [0, 0.1) is 22.7 Å². The maximum atomic E-state index is 13.5. The molecule has 2 aromatic heterocycles. The van der Waals surface area contributed by atoms with Gasteiger partial charge in [0.2, 0.25) is 0 Å². The minimum absolute atomic E-state index is 0.149. The fraction of sp³-hybridized carbons (Fsp3) is 0.467. The van der Waals surface area contributed by atoms with Crippen LogP contribution in [0.3, 0.4) is 0 Å². The third kappa shape index (κ3) is 12.1. The lowest BCUT2D eigenvalue weighted by Crippen LogP contribution is -2.42. The first-order valence-electron chi connectivity index (χ1n) is 19.4. The van der Waals surface area contributed by atoms with Gasteiger partial charge in [0, 0.05) is 56.6 Å². The maximum absolute atomic E-state index is 13.5. The third-order valence-corrected chi connectivity index (χ3v) is 10.6. The van der Waals surface area contributed by atoms with Crippen molar-refractivity contribution in [3.8, 4) is 0 Å². The Morgan fingerprint density at radius 1 is 0.821 bits per heavy atom. The van der Waals surface area contributed by atoms with E-state index < -0.39 is 47.2 Å². The van der Waals surface area contributed by atoms with Crippen molar-refractivity contribution in [1.82, 2.24) is 19.5 Å². The highest BCUT2D eigenvalue weighted by Gasteiger charge is 2.39. The van der Waals surface area contributed by atoms with Crippen molar-refractivity contribution in [1.29, 1.82) is 0 Å². The Kier molecular flexibility index (Phi) is 16.0. The van der Waals surface area contributed by atoms with Gasteiger partial charge >= 0.3 is 11.9 Å².